The van der Waals surface area contributed by atoms with Gasteiger partial charge in [-0.15, -0.1) is 0 Å². The summed E-state index contributed by atoms with van der Waals surface area (Å²) in [6.07, 6.45) is 4.40. The molecule has 0 bridgehead atoms. The fraction of sp³-hybridized carbons (Fsp3) is 0.444. The normalized spacial score (nSPS) is 18.0. The zero-order chi connectivity index (χ0) is 15.1. The first-order valence-electron chi connectivity index (χ1n) is 8.06. The quantitative estimate of drug-likeness (QED) is 0.852. The number of oxazole rings is 1. The number of hydrogen-bond donors (Lipinski definition) is 0. The van der Waals surface area contributed by atoms with Crippen LogP contribution in [0.3, 0.4) is 0 Å². The predicted molar refractivity (Wildman–Crippen MR) is 82.7 cm³/mol. The van der Waals surface area contributed by atoms with E-state index in [1.54, 1.807) is 0 Å². The van der Waals surface area contributed by atoms with Crippen molar-refractivity contribution in [1.29, 1.82) is 0 Å². The number of carbonyl (C=O) groups excluding carboxylic acids is 1. The third-order valence-corrected chi connectivity index (χ3v) is 4.89. The van der Waals surface area contributed by atoms with Gasteiger partial charge in [-0.2, -0.15) is 0 Å². The highest BCUT2D eigenvalue weighted by molar-refractivity contribution is 5.93. The number of benzene rings is 1. The molecule has 4 rings (SSSR count). The molecule has 22 heavy (non-hydrogen) atoms. The Labute approximate surface area is 130 Å². The summed E-state index contributed by atoms with van der Waals surface area (Å²) in [6, 6.07) is 8.34. The molecule has 2 aliphatic rings. The van der Waals surface area contributed by atoms with Gasteiger partial charge in [0.15, 0.2) is 11.6 Å². The Morgan fingerprint density at radius 3 is 2.77 bits per heavy atom. The number of rotatable bonds is 2. The fourth-order valence-electron chi connectivity index (χ4n) is 3.26. The van der Waals surface area contributed by atoms with Crippen LogP contribution < -0.4 is 0 Å². The van der Waals surface area contributed by atoms with Crippen molar-refractivity contribution in [2.45, 2.75) is 45.1 Å². The van der Waals surface area contributed by atoms with E-state index in [4.69, 9.17) is 4.42 Å². The highest BCUT2D eigenvalue weighted by Crippen LogP contribution is 2.36. The lowest BCUT2D eigenvalue weighted by molar-refractivity contribution is 0.0727. The Kier molecular flexibility index (Phi) is 3.25. The van der Waals surface area contributed by atoms with Crippen molar-refractivity contribution < 1.29 is 9.21 Å². The summed E-state index contributed by atoms with van der Waals surface area (Å²) in [5.74, 6) is 1.83. The highest BCUT2D eigenvalue weighted by Gasteiger charge is 2.30. The van der Waals surface area contributed by atoms with Crippen molar-refractivity contribution in [2.24, 2.45) is 0 Å². The number of fused-ring (bicyclic) bond motifs is 1. The molecular weight excluding hydrogens is 276 g/mol. The molecule has 0 saturated heterocycles. The second-order valence-electron chi connectivity index (χ2n) is 6.33. The lowest BCUT2D eigenvalue weighted by Gasteiger charge is -2.28. The lowest BCUT2D eigenvalue weighted by Crippen LogP contribution is -2.36. The van der Waals surface area contributed by atoms with E-state index in [2.05, 4.69) is 23.2 Å². The van der Waals surface area contributed by atoms with Gasteiger partial charge < -0.3 is 9.32 Å². The summed E-state index contributed by atoms with van der Waals surface area (Å²) in [7, 11) is 0. The van der Waals surface area contributed by atoms with Gasteiger partial charge in [-0.25, -0.2) is 4.98 Å². The van der Waals surface area contributed by atoms with Crippen molar-refractivity contribution in [3.8, 4) is 0 Å². The summed E-state index contributed by atoms with van der Waals surface area (Å²) in [6.45, 7) is 3.27. The first kappa shape index (κ1) is 13.6. The van der Waals surface area contributed by atoms with Gasteiger partial charge in [0.05, 0.1) is 0 Å². The second kappa shape index (κ2) is 5.27. The van der Waals surface area contributed by atoms with Gasteiger partial charge in [0.1, 0.15) is 5.76 Å². The smallest absolute Gasteiger partial charge is 0.276 e. The Hall–Kier alpha value is -2.10. The number of aromatic nitrogens is 1. The van der Waals surface area contributed by atoms with Gasteiger partial charge >= 0.3 is 0 Å². The number of carbonyl (C=O) groups is 1. The minimum absolute atomic E-state index is 0.00123. The molecule has 4 nitrogen and oxygen atoms in total. The highest BCUT2D eigenvalue weighted by atomic mass is 16.4. The number of nitrogens with zero attached hydrogens (tertiary/aromatic N) is 2. The van der Waals surface area contributed by atoms with Crippen molar-refractivity contribution in [2.75, 3.05) is 6.54 Å². The number of aryl methyl sites for hydroxylation is 1. The van der Waals surface area contributed by atoms with Crippen molar-refractivity contribution in [1.82, 2.24) is 9.88 Å². The zero-order valence-electron chi connectivity index (χ0n) is 12.8. The van der Waals surface area contributed by atoms with Crippen LogP contribution in [0.1, 0.15) is 58.4 Å². The molecule has 1 amide bonds. The summed E-state index contributed by atoms with van der Waals surface area (Å²) in [5.41, 5.74) is 3.09. The number of amides is 1. The van der Waals surface area contributed by atoms with E-state index < -0.39 is 0 Å². The first-order chi connectivity index (χ1) is 10.7. The van der Waals surface area contributed by atoms with Crippen LogP contribution in [-0.4, -0.2) is 22.3 Å². The maximum Gasteiger partial charge on any atom is 0.276 e. The molecule has 1 aromatic heterocycles. The molecule has 1 fully saturated rings. The van der Waals surface area contributed by atoms with Gasteiger partial charge in [0, 0.05) is 19.0 Å². The van der Waals surface area contributed by atoms with Crippen molar-refractivity contribution in [3.05, 3.63) is 52.7 Å². The zero-order valence-corrected chi connectivity index (χ0v) is 12.8. The molecule has 2 aromatic rings. The largest absolute Gasteiger partial charge is 0.445 e. The van der Waals surface area contributed by atoms with Gasteiger partial charge in [-0.3, -0.25) is 4.79 Å². The van der Waals surface area contributed by atoms with E-state index in [0.29, 0.717) is 23.9 Å². The standard InChI is InChI=1S/C18H20N2O2/c1-12-16(19-17(22-12)14-7-4-8-14)18(21)20-10-9-13-5-2-3-6-15(13)11-20/h2-3,5-6,14H,4,7-11H2,1H3. The van der Waals surface area contributed by atoms with Gasteiger partial charge in [0.2, 0.25) is 0 Å². The van der Waals surface area contributed by atoms with Crippen LogP contribution in [0.5, 0.6) is 0 Å². The fourth-order valence-corrected chi connectivity index (χ4v) is 3.26. The van der Waals surface area contributed by atoms with E-state index in [1.165, 1.54) is 17.5 Å². The first-order valence-corrected chi connectivity index (χ1v) is 8.06. The van der Waals surface area contributed by atoms with Crippen LogP contribution in [0.25, 0.3) is 0 Å². The van der Waals surface area contributed by atoms with Crippen LogP contribution in [-0.2, 0) is 13.0 Å². The molecule has 0 atom stereocenters. The average Bonchev–Trinajstić information content (AvgIpc) is 2.85. The average molecular weight is 296 g/mol. The molecule has 2 heterocycles. The van der Waals surface area contributed by atoms with Crippen molar-refractivity contribution >= 4 is 5.91 Å². The van der Waals surface area contributed by atoms with Gasteiger partial charge in [-0.1, -0.05) is 30.7 Å². The SMILES string of the molecule is Cc1oc(C2CCC2)nc1C(=O)N1CCc2ccccc2C1. The van der Waals surface area contributed by atoms with Crippen LogP contribution >= 0.6 is 0 Å². The molecule has 1 aliphatic carbocycles. The molecule has 1 aliphatic heterocycles. The van der Waals surface area contributed by atoms with Gasteiger partial charge in [-0.05, 0) is 37.3 Å². The van der Waals surface area contributed by atoms with Crippen LogP contribution in [0.2, 0.25) is 0 Å². The van der Waals surface area contributed by atoms with E-state index in [9.17, 15) is 4.79 Å². The van der Waals surface area contributed by atoms with E-state index in [-0.39, 0.29) is 5.91 Å². The number of hydrogen-bond acceptors (Lipinski definition) is 3. The maximum atomic E-state index is 12.8. The Balaban J connectivity index is 1.56. The summed E-state index contributed by atoms with van der Waals surface area (Å²) >= 11 is 0. The Bertz CT molecular complexity index is 716. The molecule has 4 heteroatoms. The maximum absolute atomic E-state index is 12.8. The molecule has 0 radical (unpaired) electrons. The van der Waals surface area contributed by atoms with Crippen molar-refractivity contribution in [3.63, 3.8) is 0 Å². The van der Waals surface area contributed by atoms with Crippen LogP contribution in [0.4, 0.5) is 0 Å². The molecule has 0 spiro atoms. The summed E-state index contributed by atoms with van der Waals surface area (Å²) < 4.78 is 5.74. The minimum atomic E-state index is 0.00123. The molecule has 1 saturated carbocycles. The molecule has 0 unspecified atom stereocenters. The molecular formula is C18H20N2O2. The monoisotopic (exact) mass is 296 g/mol. The Morgan fingerprint density at radius 2 is 2.05 bits per heavy atom. The van der Waals surface area contributed by atoms with Gasteiger partial charge in [0.25, 0.3) is 5.91 Å². The molecule has 114 valence electrons. The second-order valence-corrected chi connectivity index (χ2v) is 6.33. The van der Waals surface area contributed by atoms with E-state index in [1.807, 2.05) is 17.9 Å². The van der Waals surface area contributed by atoms with Crippen LogP contribution in [0.15, 0.2) is 28.7 Å². The lowest BCUT2D eigenvalue weighted by atomic mass is 9.85. The third kappa shape index (κ3) is 2.23. The topological polar surface area (TPSA) is 46.3 Å². The predicted octanol–water partition coefficient (Wildman–Crippen LogP) is 3.45. The van der Waals surface area contributed by atoms with E-state index in [0.717, 1.165) is 31.7 Å². The molecule has 0 N–H and O–H groups in total. The minimum Gasteiger partial charge on any atom is -0.445 e. The summed E-state index contributed by atoms with van der Waals surface area (Å²) in [4.78, 5) is 19.2. The van der Waals surface area contributed by atoms with E-state index >= 15 is 0 Å². The third-order valence-electron chi connectivity index (χ3n) is 4.89. The summed E-state index contributed by atoms with van der Waals surface area (Å²) in [5, 5.41) is 0. The molecule has 1 aromatic carbocycles. The Morgan fingerprint density at radius 1 is 1.27 bits per heavy atom. The van der Waals surface area contributed by atoms with Crippen LogP contribution in [0, 0.1) is 6.92 Å².